The van der Waals surface area contributed by atoms with Gasteiger partial charge in [-0.3, -0.25) is 19.2 Å². The van der Waals surface area contributed by atoms with Crippen LogP contribution in [-0.4, -0.2) is 90.4 Å². The van der Waals surface area contributed by atoms with Crippen LogP contribution in [0.1, 0.15) is 38.2 Å². The molecule has 2 bridgehead atoms. The average molecular weight is 660 g/mol. The number of carbonyl (C=O) groups is 4. The van der Waals surface area contributed by atoms with Crippen molar-refractivity contribution in [2.24, 2.45) is 11.8 Å². The minimum Gasteiger partial charge on any atom is -0.497 e. The Balaban J connectivity index is 1.48. The lowest BCUT2D eigenvalue weighted by Gasteiger charge is -2.39. The number of amides is 3. The summed E-state index contributed by atoms with van der Waals surface area (Å²) in [6.07, 6.45) is 3.93. The van der Waals surface area contributed by atoms with Gasteiger partial charge in [0.15, 0.2) is 0 Å². The van der Waals surface area contributed by atoms with Crippen LogP contribution < -0.4 is 15.0 Å². The van der Waals surface area contributed by atoms with Gasteiger partial charge in [0.1, 0.15) is 23.5 Å². The fourth-order valence-corrected chi connectivity index (χ4v) is 7.43. The second kappa shape index (κ2) is 15.2. The molecule has 0 aliphatic carbocycles. The van der Waals surface area contributed by atoms with Crippen molar-refractivity contribution in [2.45, 2.75) is 68.9 Å². The fraction of sp³-hybridized carbons (Fsp3) is 0.459. The summed E-state index contributed by atoms with van der Waals surface area (Å²) in [5, 5.41) is 13.5. The monoisotopic (exact) mass is 659 g/mol. The van der Waals surface area contributed by atoms with Crippen LogP contribution in [-0.2, 0) is 35.1 Å². The highest BCUT2D eigenvalue weighted by Gasteiger charge is 2.75. The molecule has 2 N–H and O–H groups in total. The van der Waals surface area contributed by atoms with Gasteiger partial charge in [0.2, 0.25) is 11.8 Å². The number of esters is 1. The van der Waals surface area contributed by atoms with Crippen LogP contribution in [0.4, 0.5) is 5.69 Å². The van der Waals surface area contributed by atoms with E-state index in [9.17, 15) is 24.3 Å². The predicted molar refractivity (Wildman–Crippen MR) is 179 cm³/mol. The lowest BCUT2D eigenvalue weighted by atomic mass is 9.70. The SMILES string of the molecule is C=CCCC(=O)NC[C@H](C)OC(=O)[C@@H]1[C@H]2C(=O)N([C@@H](CO)Cc3ccccc3)[C@H](C(=O)N(CC=C)c3ccc(OC)cc3)[C@]23CC[C@H]1O3. The van der Waals surface area contributed by atoms with E-state index in [1.165, 1.54) is 4.90 Å². The number of hydrogen-bond donors (Lipinski definition) is 2. The number of allylic oxidation sites excluding steroid dienone is 1. The zero-order valence-corrected chi connectivity index (χ0v) is 27.6. The van der Waals surface area contributed by atoms with Crippen LogP contribution in [0.15, 0.2) is 79.9 Å². The molecule has 11 heteroatoms. The van der Waals surface area contributed by atoms with E-state index in [1.54, 1.807) is 55.4 Å². The summed E-state index contributed by atoms with van der Waals surface area (Å²) in [6.45, 7) is 9.02. The highest BCUT2D eigenvalue weighted by molar-refractivity contribution is 6.05. The van der Waals surface area contributed by atoms with Crippen molar-refractivity contribution >= 4 is 29.4 Å². The van der Waals surface area contributed by atoms with Crippen LogP contribution >= 0.6 is 0 Å². The van der Waals surface area contributed by atoms with Crippen molar-refractivity contribution in [3.63, 3.8) is 0 Å². The van der Waals surface area contributed by atoms with E-state index < -0.39 is 66.1 Å². The molecule has 2 aromatic rings. The van der Waals surface area contributed by atoms with Crippen LogP contribution in [0.5, 0.6) is 5.75 Å². The van der Waals surface area contributed by atoms with Crippen molar-refractivity contribution < 1.29 is 38.5 Å². The minimum absolute atomic E-state index is 0.110. The Kier molecular flexibility index (Phi) is 11.0. The normalized spacial score (nSPS) is 25.1. The van der Waals surface area contributed by atoms with Crippen LogP contribution in [0, 0.1) is 11.8 Å². The standard InChI is InChI=1S/C37H45N3O8/c1-5-7-13-30(42)38-22-24(3)47-36(45)31-29-18-19-37(48-29)32(31)34(43)40(27(23-41)21-25-11-9-8-10-12-25)33(37)35(44)39(20-6-2)26-14-16-28(46-4)17-15-26/h5-6,8-12,14-17,24,27,29,31-33,41H,1-2,7,13,18-23H2,3-4H3,(H,38,42)/t24-,27+,29+,31-,32-,33+,37-/m0/s1. The first-order chi connectivity index (χ1) is 23.2. The Morgan fingerprint density at radius 2 is 1.88 bits per heavy atom. The van der Waals surface area contributed by atoms with Crippen LogP contribution in [0.25, 0.3) is 0 Å². The lowest BCUT2D eigenvalue weighted by Crippen LogP contribution is -2.59. The molecular formula is C37H45N3O8. The zero-order chi connectivity index (χ0) is 34.4. The predicted octanol–water partition coefficient (Wildman–Crippen LogP) is 3.21. The average Bonchev–Trinajstić information content (AvgIpc) is 3.75. The number of nitrogens with one attached hydrogen (secondary N) is 1. The molecule has 0 saturated carbocycles. The summed E-state index contributed by atoms with van der Waals surface area (Å²) in [6, 6.07) is 14.6. The van der Waals surface area contributed by atoms with E-state index in [-0.39, 0.29) is 25.4 Å². The molecule has 256 valence electrons. The molecule has 1 spiro atoms. The number of carbonyl (C=O) groups excluding carboxylic acids is 4. The number of anilines is 1. The lowest BCUT2D eigenvalue weighted by molar-refractivity contribution is -0.159. The van der Waals surface area contributed by atoms with Crippen LogP contribution in [0.3, 0.4) is 0 Å². The number of likely N-dealkylation sites (tertiary alicyclic amines) is 1. The first-order valence-corrected chi connectivity index (χ1v) is 16.5. The van der Waals surface area contributed by atoms with Gasteiger partial charge in [-0.25, -0.2) is 0 Å². The Bertz CT molecular complexity index is 1500. The Morgan fingerprint density at radius 1 is 1.15 bits per heavy atom. The number of aliphatic hydroxyl groups excluding tert-OH is 1. The zero-order valence-electron chi connectivity index (χ0n) is 27.6. The fourth-order valence-electron chi connectivity index (χ4n) is 7.43. The van der Waals surface area contributed by atoms with Gasteiger partial charge in [-0.2, -0.15) is 0 Å². The van der Waals surface area contributed by atoms with Crippen molar-refractivity contribution in [3.05, 3.63) is 85.5 Å². The quantitative estimate of drug-likeness (QED) is 0.207. The Hall–Kier alpha value is -4.48. The molecule has 48 heavy (non-hydrogen) atoms. The van der Waals surface area contributed by atoms with E-state index in [0.717, 1.165) is 5.56 Å². The number of fused-ring (bicyclic) bond motifs is 1. The van der Waals surface area contributed by atoms with Crippen molar-refractivity contribution in [2.75, 3.05) is 31.7 Å². The largest absolute Gasteiger partial charge is 0.497 e. The van der Waals surface area contributed by atoms with Gasteiger partial charge < -0.3 is 34.4 Å². The third-order valence-corrected chi connectivity index (χ3v) is 9.60. The van der Waals surface area contributed by atoms with Gasteiger partial charge in [-0.05, 0) is 62.4 Å². The number of nitrogens with zero attached hydrogens (tertiary/aromatic N) is 2. The molecule has 0 unspecified atom stereocenters. The molecule has 3 saturated heterocycles. The molecule has 11 nitrogen and oxygen atoms in total. The molecule has 0 aromatic heterocycles. The summed E-state index contributed by atoms with van der Waals surface area (Å²) in [4.78, 5) is 58.4. The second-order valence-corrected chi connectivity index (χ2v) is 12.6. The topological polar surface area (TPSA) is 135 Å². The summed E-state index contributed by atoms with van der Waals surface area (Å²) in [7, 11) is 1.56. The molecule has 3 aliphatic heterocycles. The Labute approximate surface area is 281 Å². The van der Waals surface area contributed by atoms with Crippen molar-refractivity contribution in [3.8, 4) is 5.75 Å². The van der Waals surface area contributed by atoms with Gasteiger partial charge in [-0.1, -0.05) is 42.5 Å². The summed E-state index contributed by atoms with van der Waals surface area (Å²) >= 11 is 0. The smallest absolute Gasteiger partial charge is 0.312 e. The third kappa shape index (κ3) is 6.75. The highest BCUT2D eigenvalue weighted by atomic mass is 16.6. The van der Waals surface area contributed by atoms with Crippen molar-refractivity contribution in [1.29, 1.82) is 0 Å². The molecular weight excluding hydrogens is 614 g/mol. The summed E-state index contributed by atoms with van der Waals surface area (Å²) in [5.74, 6) is -2.93. The second-order valence-electron chi connectivity index (χ2n) is 12.6. The molecule has 3 fully saturated rings. The molecule has 5 rings (SSSR count). The molecule has 3 aliphatic rings. The molecule has 0 radical (unpaired) electrons. The number of rotatable bonds is 16. The first-order valence-electron chi connectivity index (χ1n) is 16.5. The van der Waals surface area contributed by atoms with E-state index in [4.69, 9.17) is 14.2 Å². The molecule has 3 heterocycles. The van der Waals surface area contributed by atoms with Crippen LogP contribution in [0.2, 0.25) is 0 Å². The van der Waals surface area contributed by atoms with Crippen molar-refractivity contribution in [1.82, 2.24) is 10.2 Å². The number of methoxy groups -OCH3 is 1. The third-order valence-electron chi connectivity index (χ3n) is 9.60. The van der Waals surface area contributed by atoms with Gasteiger partial charge in [-0.15, -0.1) is 13.2 Å². The minimum atomic E-state index is -1.30. The van der Waals surface area contributed by atoms with E-state index in [1.807, 2.05) is 30.3 Å². The van der Waals surface area contributed by atoms with E-state index in [0.29, 0.717) is 37.1 Å². The van der Waals surface area contributed by atoms with Gasteiger partial charge in [0.05, 0.1) is 44.2 Å². The molecule has 2 aromatic carbocycles. The number of hydrogen-bond acceptors (Lipinski definition) is 8. The number of benzene rings is 2. The highest BCUT2D eigenvalue weighted by Crippen LogP contribution is 2.59. The first kappa shape index (κ1) is 34.8. The van der Waals surface area contributed by atoms with Gasteiger partial charge in [0.25, 0.3) is 5.91 Å². The number of aliphatic hydroxyl groups is 1. The maximum absolute atomic E-state index is 14.9. The number of ether oxygens (including phenoxy) is 3. The summed E-state index contributed by atoms with van der Waals surface area (Å²) < 4.78 is 17.7. The van der Waals surface area contributed by atoms with E-state index >= 15 is 0 Å². The van der Waals surface area contributed by atoms with Gasteiger partial charge >= 0.3 is 5.97 Å². The molecule has 7 atom stereocenters. The molecule has 3 amide bonds. The summed E-state index contributed by atoms with van der Waals surface area (Å²) in [5.41, 5.74) is 0.151. The van der Waals surface area contributed by atoms with Gasteiger partial charge in [0, 0.05) is 18.7 Å². The maximum Gasteiger partial charge on any atom is 0.312 e. The Morgan fingerprint density at radius 3 is 2.52 bits per heavy atom. The maximum atomic E-state index is 14.9. The van der Waals surface area contributed by atoms with E-state index in [2.05, 4.69) is 18.5 Å².